The second-order valence-corrected chi connectivity index (χ2v) is 7.21. The first-order valence-corrected chi connectivity index (χ1v) is 8.75. The van der Waals surface area contributed by atoms with Crippen LogP contribution < -0.4 is 21.1 Å². The van der Waals surface area contributed by atoms with Crippen LogP contribution in [0.5, 0.6) is 5.75 Å². The van der Waals surface area contributed by atoms with Crippen molar-refractivity contribution in [1.82, 2.24) is 5.32 Å². The number of benzene rings is 1. The van der Waals surface area contributed by atoms with Crippen molar-refractivity contribution in [3.8, 4) is 5.75 Å². The Balaban J connectivity index is 2.82. The number of nitrogens with one attached hydrogen (secondary N) is 2. The highest BCUT2D eigenvalue weighted by Gasteiger charge is 2.15. The maximum Gasteiger partial charge on any atom is 0.319 e. The van der Waals surface area contributed by atoms with E-state index in [1.54, 1.807) is 6.92 Å². The number of carbonyl (C=O) groups excluding carboxylic acids is 2. The van der Waals surface area contributed by atoms with Gasteiger partial charge in [-0.2, -0.15) is 0 Å². The van der Waals surface area contributed by atoms with Crippen LogP contribution in [-0.2, 0) is 11.2 Å². The van der Waals surface area contributed by atoms with E-state index in [1.807, 2.05) is 39.0 Å². The summed E-state index contributed by atoms with van der Waals surface area (Å²) in [5.74, 6) is 0.814. The van der Waals surface area contributed by atoms with Gasteiger partial charge in [0.05, 0.1) is 12.3 Å². The molecule has 0 bridgehead atoms. The van der Waals surface area contributed by atoms with Gasteiger partial charge < -0.3 is 25.9 Å². The minimum absolute atomic E-state index is 0.191. The fourth-order valence-electron chi connectivity index (χ4n) is 2.25. The summed E-state index contributed by atoms with van der Waals surface area (Å²) < 4.78 is 5.79. The molecule has 0 atom stereocenters. The van der Waals surface area contributed by atoms with Gasteiger partial charge in [-0.25, -0.2) is 4.79 Å². The van der Waals surface area contributed by atoms with Crippen molar-refractivity contribution in [2.45, 2.75) is 58.9 Å². The van der Waals surface area contributed by atoms with E-state index in [4.69, 9.17) is 10.5 Å². The molecule has 1 aromatic rings. The zero-order valence-electron chi connectivity index (χ0n) is 15.8. The summed E-state index contributed by atoms with van der Waals surface area (Å²) in [6.07, 6.45) is 2.90. The quantitative estimate of drug-likeness (QED) is 0.597. The van der Waals surface area contributed by atoms with Gasteiger partial charge >= 0.3 is 6.03 Å². The van der Waals surface area contributed by atoms with Crippen molar-refractivity contribution >= 4 is 17.5 Å². The fraction of sp³-hybridized carbons (Fsp3) is 0.579. The van der Waals surface area contributed by atoms with E-state index in [9.17, 15) is 9.59 Å². The van der Waals surface area contributed by atoms with E-state index >= 15 is 0 Å². The molecule has 0 aliphatic rings. The smallest absolute Gasteiger partial charge is 0.319 e. The van der Waals surface area contributed by atoms with E-state index in [0.29, 0.717) is 31.0 Å². The molecule has 0 saturated heterocycles. The first-order valence-electron chi connectivity index (χ1n) is 8.75. The van der Waals surface area contributed by atoms with Crippen molar-refractivity contribution in [3.63, 3.8) is 0 Å². The van der Waals surface area contributed by atoms with Gasteiger partial charge in [-0.15, -0.1) is 0 Å². The summed E-state index contributed by atoms with van der Waals surface area (Å²) in [4.78, 5) is 23.2. The zero-order valence-corrected chi connectivity index (χ0v) is 15.8. The fourth-order valence-corrected chi connectivity index (χ4v) is 2.25. The van der Waals surface area contributed by atoms with Crippen LogP contribution in [0.1, 0.15) is 52.5 Å². The number of urea groups is 1. The molecule has 0 aromatic heterocycles. The Bertz CT molecular complexity index is 580. The van der Waals surface area contributed by atoms with Crippen LogP contribution in [-0.4, -0.2) is 30.5 Å². The topological polar surface area (TPSA) is 93.5 Å². The van der Waals surface area contributed by atoms with E-state index in [-0.39, 0.29) is 17.4 Å². The number of Topliss-reactive ketones (excluding diaryl/α,β-unsaturated/α-hetero) is 1. The Morgan fingerprint density at radius 3 is 2.52 bits per heavy atom. The van der Waals surface area contributed by atoms with Crippen LogP contribution >= 0.6 is 0 Å². The molecule has 2 amide bonds. The zero-order chi connectivity index (χ0) is 18.9. The Kier molecular flexibility index (Phi) is 8.41. The molecule has 4 N–H and O–H groups in total. The number of nitrogens with two attached hydrogens (primary N) is 1. The van der Waals surface area contributed by atoms with Gasteiger partial charge in [0.1, 0.15) is 11.5 Å². The summed E-state index contributed by atoms with van der Waals surface area (Å²) in [6.45, 7) is 8.40. The number of carbonyl (C=O) groups is 2. The Labute approximate surface area is 150 Å². The van der Waals surface area contributed by atoms with Crippen molar-refractivity contribution in [2.75, 3.05) is 18.5 Å². The van der Waals surface area contributed by atoms with E-state index in [0.717, 1.165) is 24.8 Å². The van der Waals surface area contributed by atoms with E-state index < -0.39 is 0 Å². The van der Waals surface area contributed by atoms with Gasteiger partial charge in [0.2, 0.25) is 0 Å². The molecule has 0 radical (unpaired) electrons. The number of hydrogen-bond donors (Lipinski definition) is 3. The SMILES string of the molecule is CC(=O)CCCc1ccc(NC(=O)NC(C)(C)C)c(OCCCN)c1. The molecule has 0 saturated carbocycles. The molecule has 0 fully saturated rings. The number of aryl methyl sites for hydroxylation is 1. The lowest BCUT2D eigenvalue weighted by molar-refractivity contribution is -0.117. The van der Waals surface area contributed by atoms with Gasteiger partial charge in [-0.1, -0.05) is 6.07 Å². The second-order valence-electron chi connectivity index (χ2n) is 7.21. The highest BCUT2D eigenvalue weighted by atomic mass is 16.5. The minimum atomic E-state index is -0.322. The molecule has 1 rings (SSSR count). The number of amides is 2. The predicted octanol–water partition coefficient (Wildman–Crippen LogP) is 3.25. The van der Waals surface area contributed by atoms with Crippen molar-refractivity contribution < 1.29 is 14.3 Å². The molecule has 0 heterocycles. The van der Waals surface area contributed by atoms with E-state index in [2.05, 4.69) is 10.6 Å². The van der Waals surface area contributed by atoms with Gasteiger partial charge in [-0.05, 0) is 71.2 Å². The van der Waals surface area contributed by atoms with Crippen molar-refractivity contribution in [3.05, 3.63) is 23.8 Å². The summed E-state index contributed by atoms with van der Waals surface area (Å²) in [5.41, 5.74) is 6.89. The summed E-state index contributed by atoms with van der Waals surface area (Å²) in [7, 11) is 0. The molecule has 6 nitrogen and oxygen atoms in total. The number of rotatable bonds is 9. The first kappa shape index (κ1) is 21.0. The number of hydrogen-bond acceptors (Lipinski definition) is 4. The van der Waals surface area contributed by atoms with Crippen molar-refractivity contribution in [1.29, 1.82) is 0 Å². The lowest BCUT2D eigenvalue weighted by Gasteiger charge is -2.21. The molecule has 0 unspecified atom stereocenters. The lowest BCUT2D eigenvalue weighted by atomic mass is 10.1. The van der Waals surface area contributed by atoms with Crippen LogP contribution in [0, 0.1) is 0 Å². The summed E-state index contributed by atoms with van der Waals surface area (Å²) in [6, 6.07) is 5.43. The van der Waals surface area contributed by atoms with Gasteiger partial charge in [0.25, 0.3) is 0 Å². The third-order valence-electron chi connectivity index (χ3n) is 3.38. The molecule has 1 aromatic carbocycles. The van der Waals surface area contributed by atoms with Gasteiger partial charge in [0.15, 0.2) is 0 Å². The lowest BCUT2D eigenvalue weighted by Crippen LogP contribution is -2.43. The Morgan fingerprint density at radius 1 is 1.20 bits per heavy atom. The molecular formula is C19H31N3O3. The third kappa shape index (κ3) is 9.10. The highest BCUT2D eigenvalue weighted by molar-refractivity contribution is 5.91. The Hall–Kier alpha value is -2.08. The van der Waals surface area contributed by atoms with Crippen LogP contribution in [0.3, 0.4) is 0 Å². The maximum absolute atomic E-state index is 12.1. The van der Waals surface area contributed by atoms with Crippen molar-refractivity contribution in [2.24, 2.45) is 5.73 Å². The summed E-state index contributed by atoms with van der Waals surface area (Å²) in [5, 5.41) is 5.70. The number of anilines is 1. The van der Waals surface area contributed by atoms with E-state index in [1.165, 1.54) is 0 Å². The monoisotopic (exact) mass is 349 g/mol. The average molecular weight is 349 g/mol. The van der Waals surface area contributed by atoms with Gasteiger partial charge in [-0.3, -0.25) is 0 Å². The van der Waals surface area contributed by atoms with Crippen LogP contribution in [0.25, 0.3) is 0 Å². The predicted molar refractivity (Wildman–Crippen MR) is 101 cm³/mol. The first-order chi connectivity index (χ1) is 11.7. The van der Waals surface area contributed by atoms with Crippen LogP contribution in [0.2, 0.25) is 0 Å². The standard InChI is InChI=1S/C19H31N3O3/c1-14(23)7-5-8-15-9-10-16(17(13-15)25-12-6-11-20)21-18(24)22-19(2,3)4/h9-10,13H,5-8,11-12,20H2,1-4H3,(H2,21,22,24). The highest BCUT2D eigenvalue weighted by Crippen LogP contribution is 2.27. The number of ketones is 1. The molecular weight excluding hydrogens is 318 g/mol. The number of ether oxygens (including phenoxy) is 1. The molecule has 140 valence electrons. The maximum atomic E-state index is 12.1. The van der Waals surface area contributed by atoms with Crippen LogP contribution in [0.4, 0.5) is 10.5 Å². The molecule has 0 aliphatic heterocycles. The molecule has 25 heavy (non-hydrogen) atoms. The molecule has 0 aliphatic carbocycles. The Morgan fingerprint density at radius 2 is 1.92 bits per heavy atom. The van der Waals surface area contributed by atoms with Crippen LogP contribution in [0.15, 0.2) is 18.2 Å². The third-order valence-corrected chi connectivity index (χ3v) is 3.38. The molecule has 6 heteroatoms. The average Bonchev–Trinajstić information content (AvgIpc) is 2.47. The second kappa shape index (κ2) is 10.0. The molecule has 0 spiro atoms. The van der Waals surface area contributed by atoms with Gasteiger partial charge in [0, 0.05) is 12.0 Å². The summed E-state index contributed by atoms with van der Waals surface area (Å²) >= 11 is 0. The normalized spacial score (nSPS) is 11.1. The minimum Gasteiger partial charge on any atom is -0.491 e. The largest absolute Gasteiger partial charge is 0.491 e.